The summed E-state index contributed by atoms with van der Waals surface area (Å²) in [6.45, 7) is 4.41. The summed E-state index contributed by atoms with van der Waals surface area (Å²) in [6.07, 6.45) is 0.0360. The maximum absolute atomic E-state index is 11.7. The van der Waals surface area contributed by atoms with E-state index in [0.717, 1.165) is 5.69 Å². The largest absolute Gasteiger partial charge is 0.550 e. The normalized spacial score (nSPS) is 19.6. The van der Waals surface area contributed by atoms with E-state index in [1.165, 1.54) is 10.5 Å². The lowest BCUT2D eigenvalue weighted by Crippen LogP contribution is -2.33. The molecule has 0 radical (unpaired) electrons. The van der Waals surface area contributed by atoms with Gasteiger partial charge in [-0.05, 0) is 23.6 Å². The summed E-state index contributed by atoms with van der Waals surface area (Å²) in [4.78, 5) is 24.0. The molecule has 96 valence electrons. The van der Waals surface area contributed by atoms with Crippen molar-refractivity contribution in [1.82, 2.24) is 0 Å². The van der Waals surface area contributed by atoms with E-state index >= 15 is 0 Å². The lowest BCUT2D eigenvalue weighted by molar-refractivity contribution is -0.310. The van der Waals surface area contributed by atoms with E-state index in [2.05, 4.69) is 13.8 Å². The summed E-state index contributed by atoms with van der Waals surface area (Å²) in [5.41, 5.74) is 1.95. The van der Waals surface area contributed by atoms with E-state index in [4.69, 9.17) is 0 Å². The highest BCUT2D eigenvalue weighted by Gasteiger charge is 2.31. The van der Waals surface area contributed by atoms with Gasteiger partial charge in [-0.2, -0.15) is 0 Å². The van der Waals surface area contributed by atoms with Gasteiger partial charge < -0.3 is 14.8 Å². The third-order valence-electron chi connectivity index (χ3n) is 3.33. The van der Waals surface area contributed by atoms with Gasteiger partial charge in [-0.25, -0.2) is 0 Å². The van der Waals surface area contributed by atoms with Crippen LogP contribution in [0.15, 0.2) is 24.3 Å². The molecule has 1 saturated heterocycles. The zero-order chi connectivity index (χ0) is 13.3. The summed E-state index contributed by atoms with van der Waals surface area (Å²) in [6, 6.07) is 7.68. The number of hydrogen-bond donors (Lipinski definition) is 0. The Bertz CT molecular complexity index is 464. The Kier molecular flexibility index (Phi) is 3.36. The van der Waals surface area contributed by atoms with Crippen LogP contribution in [0.1, 0.15) is 31.7 Å². The maximum atomic E-state index is 11.7. The van der Waals surface area contributed by atoms with Gasteiger partial charge in [-0.15, -0.1) is 0 Å². The molecular weight excluding hydrogens is 230 g/mol. The zero-order valence-corrected chi connectivity index (χ0v) is 10.6. The highest BCUT2D eigenvalue weighted by Crippen LogP contribution is 2.26. The second kappa shape index (κ2) is 4.80. The zero-order valence-electron chi connectivity index (χ0n) is 10.6. The number of amides is 1. The maximum Gasteiger partial charge on any atom is 0.227 e. The van der Waals surface area contributed by atoms with Crippen molar-refractivity contribution < 1.29 is 14.7 Å². The van der Waals surface area contributed by atoms with Crippen molar-refractivity contribution >= 4 is 17.6 Å². The van der Waals surface area contributed by atoms with Gasteiger partial charge in [-0.3, -0.25) is 4.79 Å². The molecular formula is C14H16NO3-. The van der Waals surface area contributed by atoms with Crippen molar-refractivity contribution in [3.8, 4) is 0 Å². The third-order valence-corrected chi connectivity index (χ3v) is 3.33. The highest BCUT2D eigenvalue weighted by molar-refractivity contribution is 5.98. The van der Waals surface area contributed by atoms with Gasteiger partial charge >= 0.3 is 0 Å². The molecule has 0 aromatic heterocycles. The predicted molar refractivity (Wildman–Crippen MR) is 66.0 cm³/mol. The van der Waals surface area contributed by atoms with Crippen LogP contribution >= 0.6 is 0 Å². The van der Waals surface area contributed by atoms with Gasteiger partial charge in [0.25, 0.3) is 0 Å². The highest BCUT2D eigenvalue weighted by atomic mass is 16.4. The van der Waals surface area contributed by atoms with Crippen molar-refractivity contribution in [3.05, 3.63) is 29.8 Å². The summed E-state index contributed by atoms with van der Waals surface area (Å²) in [5, 5.41) is 10.8. The third kappa shape index (κ3) is 2.37. The Balaban J connectivity index is 2.17. The second-order valence-electron chi connectivity index (χ2n) is 4.97. The Morgan fingerprint density at radius 1 is 1.33 bits per heavy atom. The molecule has 0 bridgehead atoms. The molecule has 1 aliphatic heterocycles. The fourth-order valence-electron chi connectivity index (χ4n) is 2.15. The smallest absolute Gasteiger partial charge is 0.227 e. The fourth-order valence-corrected chi connectivity index (χ4v) is 2.15. The average Bonchev–Trinajstić information content (AvgIpc) is 2.71. The molecule has 0 saturated carbocycles. The minimum Gasteiger partial charge on any atom is -0.550 e. The van der Waals surface area contributed by atoms with Gasteiger partial charge in [0, 0.05) is 30.5 Å². The van der Waals surface area contributed by atoms with E-state index in [0.29, 0.717) is 5.92 Å². The van der Waals surface area contributed by atoms with Gasteiger partial charge in [0.15, 0.2) is 0 Å². The number of carbonyl (C=O) groups excluding carboxylic acids is 2. The number of hydrogen-bond acceptors (Lipinski definition) is 3. The van der Waals surface area contributed by atoms with Crippen molar-refractivity contribution in [2.45, 2.75) is 26.2 Å². The number of nitrogens with zero attached hydrogens (tertiary/aromatic N) is 1. The summed E-state index contributed by atoms with van der Waals surface area (Å²) >= 11 is 0. The Morgan fingerprint density at radius 2 is 1.94 bits per heavy atom. The van der Waals surface area contributed by atoms with Crippen LogP contribution in [0.5, 0.6) is 0 Å². The van der Waals surface area contributed by atoms with Crippen molar-refractivity contribution in [2.24, 2.45) is 5.92 Å². The first-order valence-electron chi connectivity index (χ1n) is 6.10. The predicted octanol–water partition coefficient (Wildman–Crippen LogP) is 0.913. The SMILES string of the molecule is CC(C)c1ccc(N2CC(C(=O)[O-])CC2=O)cc1. The Morgan fingerprint density at radius 3 is 2.39 bits per heavy atom. The van der Waals surface area contributed by atoms with Crippen LogP contribution in [0, 0.1) is 5.92 Å². The summed E-state index contributed by atoms with van der Waals surface area (Å²) in [7, 11) is 0. The monoisotopic (exact) mass is 246 g/mol. The molecule has 1 unspecified atom stereocenters. The second-order valence-corrected chi connectivity index (χ2v) is 4.97. The minimum atomic E-state index is -1.15. The Labute approximate surface area is 106 Å². The first-order chi connectivity index (χ1) is 8.49. The number of carboxylic acids is 1. The standard InChI is InChI=1S/C14H17NO3/c1-9(2)10-3-5-12(6-4-10)15-8-11(14(17)18)7-13(15)16/h3-6,9,11H,7-8H2,1-2H3,(H,17,18)/p-1. The fraction of sp³-hybridized carbons (Fsp3) is 0.429. The number of anilines is 1. The summed E-state index contributed by atoms with van der Waals surface area (Å²) < 4.78 is 0. The molecule has 4 nitrogen and oxygen atoms in total. The number of benzene rings is 1. The lowest BCUT2D eigenvalue weighted by Gasteiger charge is -2.18. The number of aliphatic carboxylic acids is 1. The van der Waals surface area contributed by atoms with Gasteiger partial charge in [-0.1, -0.05) is 26.0 Å². The van der Waals surface area contributed by atoms with E-state index < -0.39 is 11.9 Å². The van der Waals surface area contributed by atoms with Crippen LogP contribution in [0.25, 0.3) is 0 Å². The van der Waals surface area contributed by atoms with Crippen molar-refractivity contribution in [2.75, 3.05) is 11.4 Å². The van der Waals surface area contributed by atoms with Crippen LogP contribution in [0.4, 0.5) is 5.69 Å². The van der Waals surface area contributed by atoms with Crippen LogP contribution in [-0.4, -0.2) is 18.4 Å². The van der Waals surface area contributed by atoms with E-state index in [1.54, 1.807) is 0 Å². The molecule has 1 aromatic carbocycles. The van der Waals surface area contributed by atoms with Gasteiger partial charge in [0.2, 0.25) is 5.91 Å². The summed E-state index contributed by atoms with van der Waals surface area (Å²) in [5.74, 6) is -1.56. The molecule has 0 N–H and O–H groups in total. The van der Waals surface area contributed by atoms with E-state index in [9.17, 15) is 14.7 Å². The molecule has 1 aliphatic rings. The minimum absolute atomic E-state index is 0.0360. The molecule has 4 heteroatoms. The van der Waals surface area contributed by atoms with Crippen LogP contribution < -0.4 is 10.0 Å². The van der Waals surface area contributed by atoms with E-state index in [1.807, 2.05) is 24.3 Å². The number of rotatable bonds is 3. The Hall–Kier alpha value is -1.84. The average molecular weight is 246 g/mol. The molecule has 1 amide bonds. The molecule has 1 aromatic rings. The van der Waals surface area contributed by atoms with Crippen LogP contribution in [-0.2, 0) is 9.59 Å². The topological polar surface area (TPSA) is 60.4 Å². The molecule has 1 fully saturated rings. The molecule has 1 atom stereocenters. The van der Waals surface area contributed by atoms with Gasteiger partial charge in [0.1, 0.15) is 0 Å². The van der Waals surface area contributed by atoms with Crippen molar-refractivity contribution in [1.29, 1.82) is 0 Å². The molecule has 2 rings (SSSR count). The number of carbonyl (C=O) groups is 2. The van der Waals surface area contributed by atoms with E-state index in [-0.39, 0.29) is 18.9 Å². The molecule has 0 aliphatic carbocycles. The van der Waals surface area contributed by atoms with Crippen LogP contribution in [0.3, 0.4) is 0 Å². The lowest BCUT2D eigenvalue weighted by atomic mass is 10.0. The first kappa shape index (κ1) is 12.6. The first-order valence-corrected chi connectivity index (χ1v) is 6.10. The van der Waals surface area contributed by atoms with Gasteiger partial charge in [0.05, 0.1) is 0 Å². The van der Waals surface area contributed by atoms with Crippen LogP contribution in [0.2, 0.25) is 0 Å². The molecule has 18 heavy (non-hydrogen) atoms. The quantitative estimate of drug-likeness (QED) is 0.796. The molecule has 1 heterocycles. The molecule has 0 spiro atoms. The number of carboxylic acid groups (broad SMARTS) is 1. The van der Waals surface area contributed by atoms with Crippen molar-refractivity contribution in [3.63, 3.8) is 0 Å².